The molecule has 4 rings (SSSR count). The predicted octanol–water partition coefficient (Wildman–Crippen LogP) is 4.28. The first-order chi connectivity index (χ1) is 13.4. The standard InChI is InChI=1S/C19H20F3N3O3/c20-19(21,22)27-15-9-5-4-8-14(15)18-23-17(24-28-18)12-10-16(26)25(11-12)13-6-2-1-3-7-13/h4-5,8-9,12-13H,1-3,6-7,10-11H2/t12-/m0/s1. The lowest BCUT2D eigenvalue weighted by molar-refractivity contribution is -0.274. The van der Waals surface area contributed by atoms with Crippen LogP contribution in [-0.2, 0) is 4.79 Å². The Bertz CT molecular complexity index is 846. The van der Waals surface area contributed by atoms with Crippen molar-refractivity contribution in [3.05, 3.63) is 30.1 Å². The van der Waals surface area contributed by atoms with Crippen molar-refractivity contribution in [1.82, 2.24) is 15.0 Å². The monoisotopic (exact) mass is 395 g/mol. The zero-order valence-corrected chi connectivity index (χ0v) is 15.1. The number of ether oxygens (including phenoxy) is 1. The molecule has 1 aromatic carbocycles. The first kappa shape index (κ1) is 18.8. The summed E-state index contributed by atoms with van der Waals surface area (Å²) in [7, 11) is 0. The topological polar surface area (TPSA) is 68.5 Å². The van der Waals surface area contributed by atoms with Gasteiger partial charge in [0.05, 0.1) is 5.56 Å². The molecule has 2 aliphatic rings. The Balaban J connectivity index is 1.52. The second-order valence-electron chi connectivity index (χ2n) is 7.24. The maximum Gasteiger partial charge on any atom is 0.573 e. The van der Waals surface area contributed by atoms with Gasteiger partial charge < -0.3 is 14.2 Å². The summed E-state index contributed by atoms with van der Waals surface area (Å²) in [5, 5.41) is 3.92. The van der Waals surface area contributed by atoms with Gasteiger partial charge in [0.15, 0.2) is 5.82 Å². The van der Waals surface area contributed by atoms with Crippen LogP contribution < -0.4 is 4.74 Å². The summed E-state index contributed by atoms with van der Waals surface area (Å²) in [6.07, 6.45) is 0.947. The van der Waals surface area contributed by atoms with Gasteiger partial charge in [0.25, 0.3) is 5.89 Å². The molecule has 6 nitrogen and oxygen atoms in total. The maximum atomic E-state index is 12.6. The zero-order valence-electron chi connectivity index (χ0n) is 15.1. The molecule has 0 unspecified atom stereocenters. The highest BCUT2D eigenvalue weighted by Crippen LogP contribution is 2.36. The van der Waals surface area contributed by atoms with Crippen molar-refractivity contribution in [2.24, 2.45) is 0 Å². The molecule has 2 fully saturated rings. The molecule has 9 heteroatoms. The van der Waals surface area contributed by atoms with Crippen molar-refractivity contribution in [3.8, 4) is 17.2 Å². The van der Waals surface area contributed by atoms with Gasteiger partial charge >= 0.3 is 6.36 Å². The van der Waals surface area contributed by atoms with Crippen LogP contribution >= 0.6 is 0 Å². The van der Waals surface area contributed by atoms with Crippen molar-refractivity contribution in [2.45, 2.75) is 56.8 Å². The van der Waals surface area contributed by atoms with Gasteiger partial charge in [-0.1, -0.05) is 36.6 Å². The summed E-state index contributed by atoms with van der Waals surface area (Å²) in [6.45, 7) is 0.517. The zero-order chi connectivity index (χ0) is 19.7. The van der Waals surface area contributed by atoms with Crippen LogP contribution in [0.1, 0.15) is 50.3 Å². The maximum absolute atomic E-state index is 12.6. The third-order valence-electron chi connectivity index (χ3n) is 5.32. The molecule has 150 valence electrons. The van der Waals surface area contributed by atoms with Crippen molar-refractivity contribution >= 4 is 5.91 Å². The molecule has 0 spiro atoms. The summed E-state index contributed by atoms with van der Waals surface area (Å²) in [4.78, 5) is 18.6. The Morgan fingerprint density at radius 2 is 1.89 bits per heavy atom. The summed E-state index contributed by atoms with van der Waals surface area (Å²) in [5.41, 5.74) is 0.0621. The lowest BCUT2D eigenvalue weighted by Gasteiger charge is -2.31. The highest BCUT2D eigenvalue weighted by molar-refractivity contribution is 5.80. The van der Waals surface area contributed by atoms with E-state index in [4.69, 9.17) is 4.52 Å². The first-order valence-corrected chi connectivity index (χ1v) is 9.39. The molecule has 2 aromatic rings. The third-order valence-corrected chi connectivity index (χ3v) is 5.32. The van der Waals surface area contributed by atoms with Gasteiger partial charge in [0.2, 0.25) is 5.91 Å². The van der Waals surface area contributed by atoms with Crippen LogP contribution in [0.5, 0.6) is 5.75 Å². The summed E-state index contributed by atoms with van der Waals surface area (Å²) < 4.78 is 47.1. The van der Waals surface area contributed by atoms with Gasteiger partial charge in [-0.2, -0.15) is 4.98 Å². The molecule has 1 aromatic heterocycles. The van der Waals surface area contributed by atoms with Crippen LogP contribution in [0.2, 0.25) is 0 Å². The fourth-order valence-electron chi connectivity index (χ4n) is 4.02. The number of hydrogen-bond acceptors (Lipinski definition) is 5. The summed E-state index contributed by atoms with van der Waals surface area (Å²) in [6, 6.07) is 5.87. The van der Waals surface area contributed by atoms with E-state index in [1.54, 1.807) is 6.07 Å². The Kier molecular flexibility index (Phi) is 4.99. The molecule has 28 heavy (non-hydrogen) atoms. The number of para-hydroxylation sites is 1. The number of halogens is 3. The molecule has 1 saturated carbocycles. The smallest absolute Gasteiger partial charge is 0.405 e. The van der Waals surface area contributed by atoms with Gasteiger partial charge in [0.1, 0.15) is 5.75 Å². The normalized spacial score (nSPS) is 21.3. The molecule has 0 N–H and O–H groups in total. The number of aromatic nitrogens is 2. The Morgan fingerprint density at radius 1 is 1.14 bits per heavy atom. The molecule has 0 bridgehead atoms. The van der Waals surface area contributed by atoms with Gasteiger partial charge in [0, 0.05) is 24.9 Å². The molecule has 1 amide bonds. The van der Waals surface area contributed by atoms with E-state index in [-0.39, 0.29) is 35.7 Å². The number of nitrogens with zero attached hydrogens (tertiary/aromatic N) is 3. The molecular formula is C19H20F3N3O3. The molecule has 2 heterocycles. The minimum absolute atomic E-state index is 0.0570. The van der Waals surface area contributed by atoms with Crippen LogP contribution in [0.4, 0.5) is 13.2 Å². The Labute approximate surface area is 159 Å². The highest BCUT2D eigenvalue weighted by Gasteiger charge is 2.38. The van der Waals surface area contributed by atoms with Crippen molar-refractivity contribution in [3.63, 3.8) is 0 Å². The molecule has 1 atom stereocenters. The molecule has 1 aliphatic heterocycles. The number of likely N-dealkylation sites (tertiary alicyclic amines) is 1. The number of alkyl halides is 3. The molecule has 1 saturated heterocycles. The largest absolute Gasteiger partial charge is 0.573 e. The van der Waals surface area contributed by atoms with Crippen LogP contribution in [0.15, 0.2) is 28.8 Å². The van der Waals surface area contributed by atoms with Crippen molar-refractivity contribution in [1.29, 1.82) is 0 Å². The van der Waals surface area contributed by atoms with Crippen LogP contribution in [-0.4, -0.2) is 39.9 Å². The van der Waals surface area contributed by atoms with E-state index >= 15 is 0 Å². The third kappa shape index (κ3) is 3.98. The fourth-order valence-corrected chi connectivity index (χ4v) is 4.02. The van der Waals surface area contributed by atoms with E-state index in [0.717, 1.165) is 25.7 Å². The minimum atomic E-state index is -4.82. The number of carbonyl (C=O) groups is 1. The van der Waals surface area contributed by atoms with E-state index in [1.165, 1.54) is 24.6 Å². The predicted molar refractivity (Wildman–Crippen MR) is 92.4 cm³/mol. The quantitative estimate of drug-likeness (QED) is 0.773. The summed E-state index contributed by atoms with van der Waals surface area (Å²) in [5.74, 6) is -0.273. The van der Waals surface area contributed by atoms with E-state index in [1.807, 2.05) is 4.90 Å². The van der Waals surface area contributed by atoms with E-state index in [0.29, 0.717) is 12.4 Å². The molecular weight excluding hydrogens is 375 g/mol. The second-order valence-corrected chi connectivity index (χ2v) is 7.24. The minimum Gasteiger partial charge on any atom is -0.405 e. The van der Waals surface area contributed by atoms with Gasteiger partial charge in [-0.15, -0.1) is 13.2 Å². The first-order valence-electron chi connectivity index (χ1n) is 9.39. The fraction of sp³-hybridized carbons (Fsp3) is 0.526. The average molecular weight is 395 g/mol. The number of hydrogen-bond donors (Lipinski definition) is 0. The number of rotatable bonds is 4. The second kappa shape index (κ2) is 7.44. The number of amides is 1. The molecule has 1 aliphatic carbocycles. The lowest BCUT2D eigenvalue weighted by atomic mass is 9.94. The van der Waals surface area contributed by atoms with Crippen molar-refractivity contribution < 1.29 is 27.2 Å². The van der Waals surface area contributed by atoms with Crippen molar-refractivity contribution in [2.75, 3.05) is 6.54 Å². The lowest BCUT2D eigenvalue weighted by Crippen LogP contribution is -2.37. The SMILES string of the molecule is O=C1C[C@H](c2noc(-c3ccccc3OC(F)(F)F)n2)CN1C1CCCCC1. The van der Waals surface area contributed by atoms with E-state index < -0.39 is 12.1 Å². The van der Waals surface area contributed by atoms with Gasteiger partial charge in [-0.3, -0.25) is 4.79 Å². The van der Waals surface area contributed by atoms with Crippen LogP contribution in [0.3, 0.4) is 0 Å². The highest BCUT2D eigenvalue weighted by atomic mass is 19.4. The molecule has 0 radical (unpaired) electrons. The Hall–Kier alpha value is -2.58. The number of carbonyl (C=O) groups excluding carboxylic acids is 1. The Morgan fingerprint density at radius 3 is 2.64 bits per heavy atom. The summed E-state index contributed by atoms with van der Waals surface area (Å²) >= 11 is 0. The van der Waals surface area contributed by atoms with E-state index in [2.05, 4.69) is 14.9 Å². The van der Waals surface area contributed by atoms with Gasteiger partial charge in [-0.05, 0) is 25.0 Å². The van der Waals surface area contributed by atoms with E-state index in [9.17, 15) is 18.0 Å². The number of benzene rings is 1. The van der Waals surface area contributed by atoms with Crippen LogP contribution in [0, 0.1) is 0 Å². The average Bonchev–Trinajstić information content (AvgIpc) is 3.28. The van der Waals surface area contributed by atoms with Gasteiger partial charge in [-0.25, -0.2) is 0 Å². The van der Waals surface area contributed by atoms with Crippen LogP contribution in [0.25, 0.3) is 11.5 Å².